The molecule has 22 heavy (non-hydrogen) atoms. The van der Waals surface area contributed by atoms with Crippen LogP contribution in [0.25, 0.3) is 11.0 Å². The Balaban J connectivity index is 2.42. The summed E-state index contributed by atoms with van der Waals surface area (Å²) < 4.78 is 27.8. The molecular weight excluding hydrogens is 288 g/mol. The van der Waals surface area contributed by atoms with E-state index in [1.165, 1.54) is 10.6 Å². The maximum atomic E-state index is 13.3. The molecule has 0 unspecified atom stereocenters. The third-order valence-corrected chi connectivity index (χ3v) is 3.61. The second-order valence-corrected chi connectivity index (χ2v) is 5.86. The summed E-state index contributed by atoms with van der Waals surface area (Å²) >= 11 is 0. The van der Waals surface area contributed by atoms with Crippen molar-refractivity contribution in [1.82, 2.24) is 14.5 Å². The Morgan fingerprint density at radius 2 is 1.91 bits per heavy atom. The summed E-state index contributed by atoms with van der Waals surface area (Å²) in [6.45, 7) is 7.53. The molecule has 0 N–H and O–H groups in total. The quantitative estimate of drug-likeness (QED) is 0.846. The smallest absolute Gasteiger partial charge is 0.278 e. The standard InChI is InChI=1S/C16H21F2N3O/c1-10(2)21(11(3)4)14(22)9-20-13(15(17)18)8-12-6-5-7-19-16(12)20/h5-8,10-11,15H,9H2,1-4H3. The van der Waals surface area contributed by atoms with Crippen LogP contribution in [-0.4, -0.2) is 32.4 Å². The predicted octanol–water partition coefficient (Wildman–Crippen LogP) is 3.62. The van der Waals surface area contributed by atoms with Crippen molar-refractivity contribution < 1.29 is 13.6 Å². The van der Waals surface area contributed by atoms with Gasteiger partial charge in [-0.25, -0.2) is 13.8 Å². The fraction of sp³-hybridized carbons (Fsp3) is 0.500. The molecule has 120 valence electrons. The average Bonchev–Trinajstić information content (AvgIpc) is 2.77. The monoisotopic (exact) mass is 309 g/mol. The van der Waals surface area contributed by atoms with Gasteiger partial charge in [0, 0.05) is 23.7 Å². The normalized spacial score (nSPS) is 11.9. The highest BCUT2D eigenvalue weighted by molar-refractivity contribution is 5.82. The molecular formula is C16H21F2N3O. The van der Waals surface area contributed by atoms with Gasteiger partial charge in [-0.2, -0.15) is 0 Å². The van der Waals surface area contributed by atoms with Gasteiger partial charge in [-0.3, -0.25) is 4.79 Å². The van der Waals surface area contributed by atoms with Crippen molar-refractivity contribution in [3.05, 3.63) is 30.1 Å². The summed E-state index contributed by atoms with van der Waals surface area (Å²) in [5, 5.41) is 0.617. The van der Waals surface area contributed by atoms with Gasteiger partial charge in [-0.1, -0.05) is 0 Å². The minimum atomic E-state index is -2.64. The van der Waals surface area contributed by atoms with Crippen LogP contribution in [0.5, 0.6) is 0 Å². The first-order valence-corrected chi connectivity index (χ1v) is 7.36. The van der Waals surface area contributed by atoms with Crippen molar-refractivity contribution >= 4 is 16.9 Å². The lowest BCUT2D eigenvalue weighted by atomic mass is 10.2. The minimum Gasteiger partial charge on any atom is -0.336 e. The number of rotatable bonds is 5. The Hall–Kier alpha value is -1.98. The van der Waals surface area contributed by atoms with Crippen LogP contribution in [0.1, 0.15) is 39.8 Å². The highest BCUT2D eigenvalue weighted by Crippen LogP contribution is 2.26. The van der Waals surface area contributed by atoms with E-state index in [0.717, 1.165) is 0 Å². The predicted molar refractivity (Wildman–Crippen MR) is 81.8 cm³/mol. The number of hydrogen-bond acceptors (Lipinski definition) is 2. The number of halogens is 2. The number of alkyl halides is 2. The third-order valence-electron chi connectivity index (χ3n) is 3.61. The lowest BCUT2D eigenvalue weighted by Gasteiger charge is -2.31. The largest absolute Gasteiger partial charge is 0.336 e. The minimum absolute atomic E-state index is 0.0114. The molecule has 0 atom stereocenters. The summed E-state index contributed by atoms with van der Waals surface area (Å²) in [5.74, 6) is -0.185. The van der Waals surface area contributed by atoms with Gasteiger partial charge in [0.15, 0.2) is 0 Å². The zero-order valence-electron chi connectivity index (χ0n) is 13.3. The summed E-state index contributed by atoms with van der Waals surface area (Å²) in [4.78, 5) is 18.4. The van der Waals surface area contributed by atoms with Gasteiger partial charge < -0.3 is 9.47 Å². The van der Waals surface area contributed by atoms with Gasteiger partial charge in [0.25, 0.3) is 6.43 Å². The molecule has 1 amide bonds. The van der Waals surface area contributed by atoms with Gasteiger partial charge in [0.05, 0.1) is 5.69 Å². The molecule has 0 spiro atoms. The number of fused-ring (bicyclic) bond motifs is 1. The van der Waals surface area contributed by atoms with E-state index in [0.29, 0.717) is 11.0 Å². The lowest BCUT2D eigenvalue weighted by Crippen LogP contribution is -2.43. The van der Waals surface area contributed by atoms with Crippen LogP contribution in [-0.2, 0) is 11.3 Å². The SMILES string of the molecule is CC(C)N(C(=O)Cn1c(C(F)F)cc2cccnc21)C(C)C. The van der Waals surface area contributed by atoms with Gasteiger partial charge in [0.1, 0.15) is 12.2 Å². The van der Waals surface area contributed by atoms with Crippen LogP contribution < -0.4 is 0 Å². The first-order valence-electron chi connectivity index (χ1n) is 7.36. The van der Waals surface area contributed by atoms with Crippen molar-refractivity contribution in [3.63, 3.8) is 0 Å². The molecule has 4 nitrogen and oxygen atoms in total. The van der Waals surface area contributed by atoms with E-state index in [1.807, 2.05) is 27.7 Å². The number of nitrogens with zero attached hydrogens (tertiary/aromatic N) is 3. The van der Waals surface area contributed by atoms with Crippen molar-refractivity contribution in [3.8, 4) is 0 Å². The van der Waals surface area contributed by atoms with E-state index in [2.05, 4.69) is 4.98 Å². The van der Waals surface area contributed by atoms with E-state index in [-0.39, 0.29) is 30.2 Å². The van der Waals surface area contributed by atoms with Crippen molar-refractivity contribution in [2.45, 2.75) is 52.7 Å². The van der Waals surface area contributed by atoms with Crippen molar-refractivity contribution in [1.29, 1.82) is 0 Å². The summed E-state index contributed by atoms with van der Waals surface area (Å²) in [7, 11) is 0. The van der Waals surface area contributed by atoms with Crippen LogP contribution in [0.3, 0.4) is 0 Å². The number of carbonyl (C=O) groups is 1. The second kappa shape index (κ2) is 6.42. The molecule has 2 aromatic rings. The Bertz CT molecular complexity index is 656. The Labute approximate surface area is 128 Å². The highest BCUT2D eigenvalue weighted by Gasteiger charge is 2.24. The zero-order valence-corrected chi connectivity index (χ0v) is 13.3. The van der Waals surface area contributed by atoms with Crippen molar-refractivity contribution in [2.75, 3.05) is 0 Å². The number of carbonyl (C=O) groups excluding carboxylic acids is 1. The van der Waals surface area contributed by atoms with Crippen LogP contribution >= 0.6 is 0 Å². The van der Waals surface area contributed by atoms with Crippen LogP contribution in [0, 0.1) is 0 Å². The molecule has 6 heteroatoms. The van der Waals surface area contributed by atoms with E-state index < -0.39 is 6.43 Å². The number of amides is 1. The molecule has 0 saturated heterocycles. The highest BCUT2D eigenvalue weighted by atomic mass is 19.3. The van der Waals surface area contributed by atoms with E-state index in [1.54, 1.807) is 23.2 Å². The molecule has 0 aliphatic carbocycles. The number of aromatic nitrogens is 2. The van der Waals surface area contributed by atoms with Gasteiger partial charge in [0.2, 0.25) is 5.91 Å². The van der Waals surface area contributed by atoms with Gasteiger partial charge >= 0.3 is 0 Å². The Kier molecular flexibility index (Phi) is 4.78. The second-order valence-electron chi connectivity index (χ2n) is 5.86. The van der Waals surface area contributed by atoms with E-state index in [9.17, 15) is 13.6 Å². The molecule has 0 fully saturated rings. The molecule has 2 aromatic heterocycles. The lowest BCUT2D eigenvalue weighted by molar-refractivity contribution is -0.135. The summed E-state index contributed by atoms with van der Waals surface area (Å²) in [5.41, 5.74) is 0.244. The molecule has 0 bridgehead atoms. The van der Waals surface area contributed by atoms with Crippen LogP contribution in [0.4, 0.5) is 8.78 Å². The van der Waals surface area contributed by atoms with Gasteiger partial charge in [-0.05, 0) is 45.9 Å². The molecule has 0 aliphatic heterocycles. The van der Waals surface area contributed by atoms with Crippen molar-refractivity contribution in [2.24, 2.45) is 0 Å². The maximum absolute atomic E-state index is 13.3. The average molecular weight is 309 g/mol. The zero-order chi connectivity index (χ0) is 16.4. The fourth-order valence-corrected chi connectivity index (χ4v) is 2.84. The third kappa shape index (κ3) is 3.10. The van der Waals surface area contributed by atoms with Crippen LogP contribution in [0.15, 0.2) is 24.4 Å². The molecule has 0 aromatic carbocycles. The first kappa shape index (κ1) is 16.4. The number of pyridine rings is 1. The fourth-order valence-electron chi connectivity index (χ4n) is 2.84. The van der Waals surface area contributed by atoms with Gasteiger partial charge in [-0.15, -0.1) is 0 Å². The summed E-state index contributed by atoms with van der Waals surface area (Å²) in [6.07, 6.45) is -1.10. The molecule has 0 saturated carbocycles. The topological polar surface area (TPSA) is 38.1 Å². The van der Waals surface area contributed by atoms with E-state index >= 15 is 0 Å². The van der Waals surface area contributed by atoms with E-state index in [4.69, 9.17) is 0 Å². The molecule has 0 aliphatic rings. The molecule has 2 rings (SSSR count). The number of hydrogen-bond donors (Lipinski definition) is 0. The first-order chi connectivity index (χ1) is 10.3. The Morgan fingerprint density at radius 3 is 2.45 bits per heavy atom. The summed E-state index contributed by atoms with van der Waals surface area (Å²) in [6, 6.07) is 4.83. The van der Waals surface area contributed by atoms with Crippen LogP contribution in [0.2, 0.25) is 0 Å². The maximum Gasteiger partial charge on any atom is 0.278 e. The Morgan fingerprint density at radius 1 is 1.27 bits per heavy atom. The molecule has 2 heterocycles. The molecule has 0 radical (unpaired) electrons.